The number of hydrogen-bond acceptors (Lipinski definition) is 3. The van der Waals surface area contributed by atoms with Crippen molar-refractivity contribution in [2.24, 2.45) is 5.41 Å². The number of phenolic OH excluding ortho intramolecular Hbond substituents is 1. The number of benzene rings is 1. The summed E-state index contributed by atoms with van der Waals surface area (Å²) in [6, 6.07) is 6.30. The lowest BCUT2D eigenvalue weighted by Crippen LogP contribution is -2.41. The molecule has 0 amide bonds. The van der Waals surface area contributed by atoms with Crippen molar-refractivity contribution < 1.29 is 5.11 Å². The Morgan fingerprint density at radius 2 is 2.18 bits per heavy atom. The Morgan fingerprint density at radius 1 is 1.41 bits per heavy atom. The van der Waals surface area contributed by atoms with Gasteiger partial charge in [0.2, 0.25) is 0 Å². The van der Waals surface area contributed by atoms with Crippen LogP contribution in [0.2, 0.25) is 0 Å². The van der Waals surface area contributed by atoms with Crippen LogP contribution < -0.4 is 5.32 Å². The Kier molecular flexibility index (Phi) is 3.57. The van der Waals surface area contributed by atoms with Gasteiger partial charge in [-0.25, -0.2) is 0 Å². The Labute approximate surface area is 108 Å². The first-order valence-electron chi connectivity index (χ1n) is 6.13. The Morgan fingerprint density at radius 3 is 2.82 bits per heavy atom. The van der Waals surface area contributed by atoms with Crippen LogP contribution >= 0.6 is 11.8 Å². The highest BCUT2D eigenvalue weighted by Gasteiger charge is 2.32. The zero-order chi connectivity index (χ0) is 12.5. The molecule has 0 aliphatic carbocycles. The SMILES string of the molecule is Cc1ccc(NC2CSCCC2(C)C)cc1O. The van der Waals surface area contributed by atoms with Crippen molar-refractivity contribution in [2.45, 2.75) is 33.2 Å². The van der Waals surface area contributed by atoms with Crippen molar-refractivity contribution in [2.75, 3.05) is 16.8 Å². The Hall–Kier alpha value is -0.830. The summed E-state index contributed by atoms with van der Waals surface area (Å²) in [5.41, 5.74) is 2.27. The van der Waals surface area contributed by atoms with Crippen molar-refractivity contribution >= 4 is 17.4 Å². The number of phenols is 1. The lowest BCUT2D eigenvalue weighted by atomic mass is 9.82. The average Bonchev–Trinajstić information content (AvgIpc) is 2.26. The maximum Gasteiger partial charge on any atom is 0.120 e. The molecule has 17 heavy (non-hydrogen) atoms. The van der Waals surface area contributed by atoms with E-state index < -0.39 is 0 Å². The van der Waals surface area contributed by atoms with Gasteiger partial charge in [0, 0.05) is 23.5 Å². The molecule has 1 fully saturated rings. The summed E-state index contributed by atoms with van der Waals surface area (Å²) in [5.74, 6) is 2.77. The lowest BCUT2D eigenvalue weighted by molar-refractivity contribution is 0.305. The normalized spacial score (nSPS) is 23.4. The average molecular weight is 251 g/mol. The molecule has 1 aromatic rings. The maximum absolute atomic E-state index is 9.71. The van der Waals surface area contributed by atoms with Gasteiger partial charge in [-0.05, 0) is 36.1 Å². The fraction of sp³-hybridized carbons (Fsp3) is 0.571. The van der Waals surface area contributed by atoms with Crippen LogP contribution in [0.5, 0.6) is 5.75 Å². The molecule has 94 valence electrons. The van der Waals surface area contributed by atoms with Crippen LogP contribution in [0.4, 0.5) is 5.69 Å². The van der Waals surface area contributed by atoms with E-state index in [1.54, 1.807) is 0 Å². The quantitative estimate of drug-likeness (QED) is 0.841. The van der Waals surface area contributed by atoms with E-state index in [-0.39, 0.29) is 0 Å². The molecule has 0 spiro atoms. The van der Waals surface area contributed by atoms with E-state index in [1.165, 1.54) is 12.2 Å². The fourth-order valence-electron chi connectivity index (χ4n) is 2.07. The molecule has 1 atom stereocenters. The van der Waals surface area contributed by atoms with E-state index in [0.29, 0.717) is 17.2 Å². The van der Waals surface area contributed by atoms with E-state index in [0.717, 1.165) is 17.0 Å². The third-order valence-corrected chi connectivity index (χ3v) is 4.73. The second-order valence-corrected chi connectivity index (χ2v) is 6.66. The maximum atomic E-state index is 9.71. The minimum atomic E-state index is 0.325. The fourth-order valence-corrected chi connectivity index (χ4v) is 3.68. The molecule has 0 saturated carbocycles. The highest BCUT2D eigenvalue weighted by atomic mass is 32.2. The van der Waals surface area contributed by atoms with Crippen LogP contribution in [0.25, 0.3) is 0 Å². The summed E-state index contributed by atoms with van der Waals surface area (Å²) < 4.78 is 0. The van der Waals surface area contributed by atoms with E-state index in [1.807, 2.05) is 36.9 Å². The first-order chi connectivity index (χ1) is 7.99. The van der Waals surface area contributed by atoms with Crippen LogP contribution in [-0.2, 0) is 0 Å². The summed E-state index contributed by atoms with van der Waals surface area (Å²) in [6.45, 7) is 6.55. The molecule has 0 aromatic heterocycles. The molecule has 1 saturated heterocycles. The molecule has 2 N–H and O–H groups in total. The van der Waals surface area contributed by atoms with Crippen LogP contribution in [0.15, 0.2) is 18.2 Å². The molecule has 2 nitrogen and oxygen atoms in total. The van der Waals surface area contributed by atoms with Gasteiger partial charge in [-0.2, -0.15) is 11.8 Å². The van der Waals surface area contributed by atoms with Crippen molar-refractivity contribution in [1.29, 1.82) is 0 Å². The van der Waals surface area contributed by atoms with Crippen LogP contribution in [0.1, 0.15) is 25.8 Å². The molecular formula is C14H21NOS. The van der Waals surface area contributed by atoms with Crippen molar-refractivity contribution in [3.8, 4) is 5.75 Å². The van der Waals surface area contributed by atoms with Gasteiger partial charge in [0.05, 0.1) is 0 Å². The molecule has 0 radical (unpaired) electrons. The topological polar surface area (TPSA) is 32.3 Å². The van der Waals surface area contributed by atoms with Gasteiger partial charge < -0.3 is 10.4 Å². The van der Waals surface area contributed by atoms with E-state index in [2.05, 4.69) is 19.2 Å². The Bertz CT molecular complexity index is 403. The smallest absolute Gasteiger partial charge is 0.120 e. The molecule has 0 bridgehead atoms. The van der Waals surface area contributed by atoms with Gasteiger partial charge in [-0.1, -0.05) is 19.9 Å². The molecule has 1 aliphatic rings. The van der Waals surface area contributed by atoms with E-state index >= 15 is 0 Å². The molecule has 2 rings (SSSR count). The molecule has 3 heteroatoms. The monoisotopic (exact) mass is 251 g/mol. The summed E-state index contributed by atoms with van der Waals surface area (Å²) in [4.78, 5) is 0. The highest BCUT2D eigenvalue weighted by Crippen LogP contribution is 2.36. The first kappa shape index (κ1) is 12.6. The number of rotatable bonds is 2. The second-order valence-electron chi connectivity index (χ2n) is 5.51. The van der Waals surface area contributed by atoms with E-state index in [4.69, 9.17) is 0 Å². The van der Waals surface area contributed by atoms with Gasteiger partial charge in [-0.3, -0.25) is 0 Å². The number of nitrogens with one attached hydrogen (secondary N) is 1. The number of thioether (sulfide) groups is 1. The predicted octanol–water partition coefficient (Wildman–Crippen LogP) is 3.64. The number of aromatic hydroxyl groups is 1. The molecule has 1 heterocycles. The first-order valence-corrected chi connectivity index (χ1v) is 7.28. The molecule has 1 unspecified atom stereocenters. The second kappa shape index (κ2) is 4.81. The predicted molar refractivity (Wildman–Crippen MR) is 76.0 cm³/mol. The zero-order valence-electron chi connectivity index (χ0n) is 10.8. The zero-order valence-corrected chi connectivity index (χ0v) is 11.6. The van der Waals surface area contributed by atoms with Gasteiger partial charge in [-0.15, -0.1) is 0 Å². The van der Waals surface area contributed by atoms with E-state index in [9.17, 15) is 5.11 Å². The summed E-state index contributed by atoms with van der Waals surface area (Å²) in [6.07, 6.45) is 1.24. The summed E-state index contributed by atoms with van der Waals surface area (Å²) in [5, 5.41) is 13.3. The lowest BCUT2D eigenvalue weighted by Gasteiger charge is -2.39. The van der Waals surface area contributed by atoms with Crippen LogP contribution in [0, 0.1) is 12.3 Å². The number of hydrogen-bond donors (Lipinski definition) is 2. The summed E-state index contributed by atoms with van der Waals surface area (Å²) >= 11 is 2.01. The number of anilines is 1. The van der Waals surface area contributed by atoms with Crippen LogP contribution in [0.3, 0.4) is 0 Å². The van der Waals surface area contributed by atoms with Gasteiger partial charge in [0.1, 0.15) is 5.75 Å². The van der Waals surface area contributed by atoms with Gasteiger partial charge in [0.15, 0.2) is 0 Å². The van der Waals surface area contributed by atoms with Gasteiger partial charge in [0.25, 0.3) is 0 Å². The summed E-state index contributed by atoms with van der Waals surface area (Å²) in [7, 11) is 0. The molecular weight excluding hydrogens is 230 g/mol. The minimum Gasteiger partial charge on any atom is -0.508 e. The molecule has 1 aromatic carbocycles. The Balaban J connectivity index is 2.11. The third-order valence-electron chi connectivity index (χ3n) is 3.67. The third kappa shape index (κ3) is 2.89. The minimum absolute atomic E-state index is 0.325. The van der Waals surface area contributed by atoms with Crippen molar-refractivity contribution in [3.63, 3.8) is 0 Å². The molecule has 1 aliphatic heterocycles. The standard InChI is InChI=1S/C14H21NOS/c1-10-4-5-11(8-12(10)16)15-13-9-17-7-6-14(13,2)3/h4-5,8,13,15-16H,6-7,9H2,1-3H3. The largest absolute Gasteiger partial charge is 0.508 e. The van der Waals surface area contributed by atoms with Crippen molar-refractivity contribution in [1.82, 2.24) is 0 Å². The number of aryl methyl sites for hydroxylation is 1. The van der Waals surface area contributed by atoms with Gasteiger partial charge >= 0.3 is 0 Å². The van der Waals surface area contributed by atoms with Crippen molar-refractivity contribution in [3.05, 3.63) is 23.8 Å². The highest BCUT2D eigenvalue weighted by molar-refractivity contribution is 7.99. The van der Waals surface area contributed by atoms with Crippen LogP contribution in [-0.4, -0.2) is 22.7 Å².